The van der Waals surface area contributed by atoms with Crippen LogP contribution in [0.2, 0.25) is 0 Å². The maximum absolute atomic E-state index is 5.50. The summed E-state index contributed by atoms with van der Waals surface area (Å²) in [5.74, 6) is 0. The molecule has 1 unspecified atom stereocenters. The number of nitrogens with two attached hydrogens (primary N) is 1. The lowest BCUT2D eigenvalue weighted by molar-refractivity contribution is 0.101. The summed E-state index contributed by atoms with van der Waals surface area (Å²) < 4.78 is 5.17. The number of rotatable bonds is 6. The van der Waals surface area contributed by atoms with E-state index in [0.29, 0.717) is 12.0 Å². The largest absolute Gasteiger partial charge is 0.380 e. The van der Waals surface area contributed by atoms with Crippen LogP contribution in [-0.4, -0.2) is 32.8 Å². The Labute approximate surface area is 82.0 Å². The summed E-state index contributed by atoms with van der Waals surface area (Å²) in [6, 6.07) is 0. The molecule has 3 N–H and O–H groups in total. The molecule has 0 radical (unpaired) electrons. The van der Waals surface area contributed by atoms with Crippen molar-refractivity contribution in [1.29, 1.82) is 0 Å². The fraction of sp³-hybridized carbons (Fsp3) is 1.00. The van der Waals surface area contributed by atoms with E-state index in [1.54, 1.807) is 7.11 Å². The third kappa shape index (κ3) is 8.22. The molecule has 0 saturated carbocycles. The SMILES string of the molecule is COC(CN)CCNCC(C)(C)C. The van der Waals surface area contributed by atoms with Gasteiger partial charge in [-0.15, -0.1) is 0 Å². The first-order chi connectivity index (χ1) is 5.99. The highest BCUT2D eigenvalue weighted by atomic mass is 16.5. The molecule has 0 bridgehead atoms. The first kappa shape index (κ1) is 12.9. The lowest BCUT2D eigenvalue weighted by Crippen LogP contribution is -2.32. The molecule has 0 rings (SSSR count). The predicted octanol–water partition coefficient (Wildman–Crippen LogP) is 0.986. The van der Waals surface area contributed by atoms with Gasteiger partial charge in [-0.3, -0.25) is 0 Å². The first-order valence-electron chi connectivity index (χ1n) is 4.93. The van der Waals surface area contributed by atoms with Crippen LogP contribution in [-0.2, 0) is 4.74 Å². The lowest BCUT2D eigenvalue weighted by Gasteiger charge is -2.20. The standard InChI is InChI=1S/C10H24N2O/c1-10(2,3)8-12-6-5-9(7-11)13-4/h9,12H,5-8,11H2,1-4H3. The smallest absolute Gasteiger partial charge is 0.0705 e. The summed E-state index contributed by atoms with van der Waals surface area (Å²) in [6.07, 6.45) is 1.19. The molecule has 80 valence electrons. The highest BCUT2D eigenvalue weighted by Crippen LogP contribution is 2.10. The molecule has 0 aliphatic rings. The predicted molar refractivity (Wildman–Crippen MR) is 56.8 cm³/mol. The fourth-order valence-corrected chi connectivity index (χ4v) is 1.06. The molecule has 0 heterocycles. The van der Waals surface area contributed by atoms with Crippen LogP contribution in [0.1, 0.15) is 27.2 Å². The second kappa shape index (κ2) is 6.35. The van der Waals surface area contributed by atoms with Crippen LogP contribution in [0.15, 0.2) is 0 Å². The zero-order chi connectivity index (χ0) is 10.3. The third-order valence-corrected chi connectivity index (χ3v) is 1.89. The molecule has 0 aliphatic carbocycles. The van der Waals surface area contributed by atoms with E-state index in [9.17, 15) is 0 Å². The Morgan fingerprint density at radius 1 is 1.38 bits per heavy atom. The van der Waals surface area contributed by atoms with E-state index < -0.39 is 0 Å². The minimum Gasteiger partial charge on any atom is -0.380 e. The van der Waals surface area contributed by atoms with E-state index in [2.05, 4.69) is 26.1 Å². The Kier molecular flexibility index (Phi) is 6.29. The van der Waals surface area contributed by atoms with Gasteiger partial charge in [0.15, 0.2) is 0 Å². The van der Waals surface area contributed by atoms with Gasteiger partial charge in [0.2, 0.25) is 0 Å². The Morgan fingerprint density at radius 3 is 2.38 bits per heavy atom. The van der Waals surface area contributed by atoms with E-state index in [4.69, 9.17) is 10.5 Å². The molecule has 0 aliphatic heterocycles. The minimum absolute atomic E-state index is 0.201. The van der Waals surface area contributed by atoms with Gasteiger partial charge in [-0.1, -0.05) is 20.8 Å². The number of hydrogen-bond donors (Lipinski definition) is 2. The molecule has 13 heavy (non-hydrogen) atoms. The average Bonchev–Trinajstić information content (AvgIpc) is 2.03. The van der Waals surface area contributed by atoms with Gasteiger partial charge in [0.1, 0.15) is 0 Å². The second-order valence-corrected chi connectivity index (χ2v) is 4.62. The van der Waals surface area contributed by atoms with Crippen LogP contribution in [0.5, 0.6) is 0 Å². The second-order valence-electron chi connectivity index (χ2n) is 4.62. The number of nitrogens with one attached hydrogen (secondary N) is 1. The summed E-state index contributed by atoms with van der Waals surface area (Å²) in [7, 11) is 1.71. The summed E-state index contributed by atoms with van der Waals surface area (Å²) in [6.45, 7) is 9.28. The monoisotopic (exact) mass is 188 g/mol. The van der Waals surface area contributed by atoms with Crippen molar-refractivity contribution in [2.24, 2.45) is 11.1 Å². The maximum atomic E-state index is 5.50. The molecule has 3 heteroatoms. The Balaban J connectivity index is 3.34. The number of methoxy groups -OCH3 is 1. The summed E-state index contributed by atoms with van der Waals surface area (Å²) in [5, 5.41) is 3.39. The Morgan fingerprint density at radius 2 is 2.00 bits per heavy atom. The summed E-state index contributed by atoms with van der Waals surface area (Å²) in [4.78, 5) is 0. The zero-order valence-corrected chi connectivity index (χ0v) is 9.39. The molecule has 1 atom stereocenters. The molecule has 0 spiro atoms. The van der Waals surface area contributed by atoms with Crippen molar-refractivity contribution in [3.63, 3.8) is 0 Å². The van der Waals surface area contributed by atoms with Crippen LogP contribution in [0.3, 0.4) is 0 Å². The minimum atomic E-state index is 0.201. The van der Waals surface area contributed by atoms with Crippen molar-refractivity contribution in [1.82, 2.24) is 5.32 Å². The van der Waals surface area contributed by atoms with Crippen LogP contribution in [0, 0.1) is 5.41 Å². The molecular weight excluding hydrogens is 164 g/mol. The molecular formula is C10H24N2O. The molecule has 0 amide bonds. The van der Waals surface area contributed by atoms with Crippen LogP contribution < -0.4 is 11.1 Å². The Hall–Kier alpha value is -0.120. The molecule has 3 nitrogen and oxygen atoms in total. The highest BCUT2D eigenvalue weighted by Gasteiger charge is 2.09. The van der Waals surface area contributed by atoms with Crippen LogP contribution in [0.25, 0.3) is 0 Å². The van der Waals surface area contributed by atoms with E-state index in [1.165, 1.54) is 0 Å². The van der Waals surface area contributed by atoms with Crippen molar-refractivity contribution in [2.45, 2.75) is 33.3 Å². The van der Waals surface area contributed by atoms with Gasteiger partial charge in [0.25, 0.3) is 0 Å². The molecule has 0 fully saturated rings. The number of ether oxygens (including phenoxy) is 1. The van der Waals surface area contributed by atoms with Gasteiger partial charge >= 0.3 is 0 Å². The van der Waals surface area contributed by atoms with E-state index in [1.807, 2.05) is 0 Å². The molecule has 0 aromatic carbocycles. The van der Waals surface area contributed by atoms with Gasteiger partial charge < -0.3 is 15.8 Å². The topological polar surface area (TPSA) is 47.3 Å². The molecule has 0 saturated heterocycles. The van der Waals surface area contributed by atoms with Crippen molar-refractivity contribution < 1.29 is 4.74 Å². The van der Waals surface area contributed by atoms with Crippen molar-refractivity contribution in [3.05, 3.63) is 0 Å². The highest BCUT2D eigenvalue weighted by molar-refractivity contribution is 4.66. The molecule has 0 aromatic heterocycles. The fourth-order valence-electron chi connectivity index (χ4n) is 1.06. The Bertz CT molecular complexity index is 117. The van der Waals surface area contributed by atoms with Gasteiger partial charge in [0.05, 0.1) is 6.10 Å². The van der Waals surface area contributed by atoms with Crippen LogP contribution >= 0.6 is 0 Å². The van der Waals surface area contributed by atoms with Crippen molar-refractivity contribution >= 4 is 0 Å². The van der Waals surface area contributed by atoms with Gasteiger partial charge in [-0.05, 0) is 24.9 Å². The van der Waals surface area contributed by atoms with Crippen molar-refractivity contribution in [2.75, 3.05) is 26.7 Å². The van der Waals surface area contributed by atoms with E-state index in [0.717, 1.165) is 19.5 Å². The maximum Gasteiger partial charge on any atom is 0.0705 e. The first-order valence-corrected chi connectivity index (χ1v) is 4.93. The zero-order valence-electron chi connectivity index (χ0n) is 9.39. The van der Waals surface area contributed by atoms with Gasteiger partial charge in [-0.2, -0.15) is 0 Å². The van der Waals surface area contributed by atoms with Crippen LogP contribution in [0.4, 0.5) is 0 Å². The quantitative estimate of drug-likeness (QED) is 0.611. The summed E-state index contributed by atoms with van der Waals surface area (Å²) in [5.41, 5.74) is 5.85. The average molecular weight is 188 g/mol. The lowest BCUT2D eigenvalue weighted by atomic mass is 9.97. The number of hydrogen-bond acceptors (Lipinski definition) is 3. The summed E-state index contributed by atoms with van der Waals surface area (Å²) >= 11 is 0. The van der Waals surface area contributed by atoms with E-state index in [-0.39, 0.29) is 6.10 Å². The third-order valence-electron chi connectivity index (χ3n) is 1.89. The normalized spacial score (nSPS) is 14.5. The van der Waals surface area contributed by atoms with Gasteiger partial charge in [0, 0.05) is 13.7 Å². The van der Waals surface area contributed by atoms with Gasteiger partial charge in [-0.25, -0.2) is 0 Å². The molecule has 0 aromatic rings. The van der Waals surface area contributed by atoms with Crippen molar-refractivity contribution in [3.8, 4) is 0 Å². The van der Waals surface area contributed by atoms with E-state index >= 15 is 0 Å².